The molecule has 25 valence electrons. The molecule has 0 aliphatic heterocycles. The minimum Gasteiger partial charge on any atom is -0.356 e. The zero-order valence-electron chi connectivity index (χ0n) is 2.75. The minimum absolute atomic E-state index is 0. The maximum atomic E-state index is 8.25. The van der Waals surface area contributed by atoms with E-state index in [1.54, 1.807) is 0 Å². The normalized spacial score (nSPS) is 4.00. The molecule has 0 aromatic rings. The molecule has 0 aliphatic carbocycles. The summed E-state index contributed by atoms with van der Waals surface area (Å²) in [4.78, 5) is 8.25. The molecule has 0 aliphatic rings. The second-order valence-electron chi connectivity index (χ2n) is 0.224. The minimum atomic E-state index is -1.75. The van der Waals surface area contributed by atoms with E-state index in [0.29, 0.717) is 0 Å². The quantitative estimate of drug-likeness (QED) is 0.316. The van der Waals surface area contributed by atoms with Gasteiger partial charge in [0.25, 0.3) is 0 Å². The number of hydrogen-bond donors (Lipinski definition) is 0. The van der Waals surface area contributed by atoms with Crippen LogP contribution < -0.4 is 0 Å². The van der Waals surface area contributed by atoms with Crippen molar-refractivity contribution >= 4 is 17.4 Å². The molecule has 1 radical (unpaired) electrons. The first-order valence-corrected chi connectivity index (χ1v) is 0.548. The molecule has 0 heterocycles. The molecule has 0 rings (SSSR count). The van der Waals surface area contributed by atoms with Crippen molar-refractivity contribution in [1.82, 2.24) is 0 Å². The van der Waals surface area contributed by atoms with Crippen molar-refractivity contribution in [2.45, 2.75) is 0 Å². The Labute approximate surface area is 78.5 Å². The van der Waals surface area contributed by atoms with Gasteiger partial charge in [0.15, 0.2) is 0 Å². The zero-order valence-corrected chi connectivity index (χ0v) is 7.04. The molecule has 0 bridgehead atoms. The molecular weight excluding hydrogens is 229 g/mol. The first-order chi connectivity index (χ1) is 1.73. The van der Waals surface area contributed by atoms with Crippen molar-refractivity contribution in [2.75, 3.05) is 0 Å². The molecule has 0 spiro atoms. The molecule has 0 N–H and O–H groups in total. The van der Waals surface area contributed by atoms with Gasteiger partial charge < -0.3 is 15.3 Å². The van der Waals surface area contributed by atoms with Crippen LogP contribution >= 0.6 is 0 Å². The van der Waals surface area contributed by atoms with Gasteiger partial charge in [0, 0.05) is 0 Å². The Morgan fingerprint density at radius 2 is 1.33 bits per heavy atom. The molecule has 0 atom stereocenters. The Kier molecular flexibility index (Phi) is 24.7. The average molecular weight is 229 g/mol. The predicted molar refractivity (Wildman–Crippen MR) is 16.1 cm³/mol. The summed E-state index contributed by atoms with van der Waals surface area (Å²) in [5.74, 6) is 0. The van der Waals surface area contributed by atoms with Gasteiger partial charge in [-0.15, -0.1) is 0 Å². The van der Waals surface area contributed by atoms with Crippen molar-refractivity contribution in [1.29, 1.82) is 0 Å². The maximum Gasteiger partial charge on any atom is 3.00 e. The van der Waals surface area contributed by atoms with Crippen molar-refractivity contribution in [2.24, 2.45) is 0 Å². The van der Waals surface area contributed by atoms with Crippen LogP contribution in [-0.2, 0) is 0 Å². The van der Waals surface area contributed by atoms with E-state index < -0.39 is 5.09 Å². The molecular formula is AlCeNO3+5. The molecule has 0 aromatic carbocycles. The number of hydrogen-bond acceptors (Lipinski definition) is 3. The van der Waals surface area contributed by atoms with E-state index in [4.69, 9.17) is 15.3 Å². The van der Waals surface area contributed by atoms with Gasteiger partial charge in [-0.2, -0.15) is 0 Å². The van der Waals surface area contributed by atoms with Crippen LogP contribution in [0.1, 0.15) is 0 Å². The summed E-state index contributed by atoms with van der Waals surface area (Å²) in [6.07, 6.45) is 0. The Balaban J connectivity index is -0.0000000450. The third kappa shape index (κ3) is 70.1. The molecule has 0 fully saturated rings. The van der Waals surface area contributed by atoms with Crippen molar-refractivity contribution < 1.29 is 46.8 Å². The Morgan fingerprint density at radius 1 is 1.33 bits per heavy atom. The first kappa shape index (κ1) is 15.7. The summed E-state index contributed by atoms with van der Waals surface area (Å²) in [5.41, 5.74) is 0. The molecule has 4 nitrogen and oxygen atoms in total. The van der Waals surface area contributed by atoms with Gasteiger partial charge in [-0.1, -0.05) is 0 Å². The van der Waals surface area contributed by atoms with Crippen molar-refractivity contribution in [3.05, 3.63) is 15.3 Å². The summed E-state index contributed by atoms with van der Waals surface area (Å²) in [5, 5.41) is 14.8. The smallest absolute Gasteiger partial charge is 0.356 e. The monoisotopic (exact) mass is 229 g/mol. The van der Waals surface area contributed by atoms with Gasteiger partial charge in [-0.25, -0.2) is 0 Å². The first-order valence-electron chi connectivity index (χ1n) is 0.548. The molecule has 0 saturated heterocycles. The third-order valence-electron chi connectivity index (χ3n) is 0. The molecule has 0 amide bonds. The SMILES string of the molecule is O=[N+]([O-])[O-].[Al+3].[Ce+3]. The summed E-state index contributed by atoms with van der Waals surface area (Å²) in [7, 11) is 0. The van der Waals surface area contributed by atoms with Crippen LogP contribution in [0.5, 0.6) is 0 Å². The molecule has 0 saturated carbocycles. The standard InChI is InChI=1S/Al.Ce.NO3/c;;2-1(3)4/q2*+3;-1. The van der Waals surface area contributed by atoms with Crippen molar-refractivity contribution in [3.63, 3.8) is 0 Å². The van der Waals surface area contributed by atoms with E-state index in [9.17, 15) is 0 Å². The van der Waals surface area contributed by atoms with Gasteiger partial charge >= 0.3 is 59.1 Å². The Morgan fingerprint density at radius 3 is 1.33 bits per heavy atom. The zero-order chi connectivity index (χ0) is 3.58. The number of rotatable bonds is 0. The fourth-order valence-electron chi connectivity index (χ4n) is 0. The van der Waals surface area contributed by atoms with Gasteiger partial charge in [0.05, 0.1) is 5.09 Å². The van der Waals surface area contributed by atoms with E-state index in [1.807, 2.05) is 0 Å². The average Bonchev–Trinajstić information content (AvgIpc) is 0.811. The van der Waals surface area contributed by atoms with Gasteiger partial charge in [0.2, 0.25) is 0 Å². The third-order valence-corrected chi connectivity index (χ3v) is 0. The van der Waals surface area contributed by atoms with Crippen LogP contribution in [0.2, 0.25) is 0 Å². The summed E-state index contributed by atoms with van der Waals surface area (Å²) < 4.78 is 0. The second kappa shape index (κ2) is 9.44. The molecule has 0 unspecified atom stereocenters. The van der Waals surface area contributed by atoms with E-state index in [1.165, 1.54) is 0 Å². The topological polar surface area (TPSA) is 66.2 Å². The fraction of sp³-hybridized carbons (Fsp3) is 0. The summed E-state index contributed by atoms with van der Waals surface area (Å²) >= 11 is 0. The largest absolute Gasteiger partial charge is 3.00 e. The van der Waals surface area contributed by atoms with E-state index in [0.717, 1.165) is 0 Å². The van der Waals surface area contributed by atoms with Crippen LogP contribution in [0.3, 0.4) is 0 Å². The predicted octanol–water partition coefficient (Wildman–Crippen LogP) is -0.620. The summed E-state index contributed by atoms with van der Waals surface area (Å²) in [6.45, 7) is 0. The van der Waals surface area contributed by atoms with Crippen LogP contribution in [0.25, 0.3) is 0 Å². The fourth-order valence-corrected chi connectivity index (χ4v) is 0. The molecule has 6 heavy (non-hydrogen) atoms. The van der Waals surface area contributed by atoms with Gasteiger partial charge in [-0.05, 0) is 0 Å². The van der Waals surface area contributed by atoms with E-state index in [2.05, 4.69) is 0 Å². The van der Waals surface area contributed by atoms with E-state index >= 15 is 0 Å². The van der Waals surface area contributed by atoms with Crippen LogP contribution in [0.4, 0.5) is 0 Å². The number of nitrogens with zero attached hydrogens (tertiary/aromatic N) is 1. The van der Waals surface area contributed by atoms with Gasteiger partial charge in [0.1, 0.15) is 0 Å². The van der Waals surface area contributed by atoms with Gasteiger partial charge in [-0.3, -0.25) is 0 Å². The Bertz CT molecular complexity index is 33.8. The van der Waals surface area contributed by atoms with Crippen LogP contribution in [0.15, 0.2) is 0 Å². The molecule has 6 heteroatoms. The van der Waals surface area contributed by atoms with Crippen molar-refractivity contribution in [3.8, 4) is 0 Å². The van der Waals surface area contributed by atoms with Crippen LogP contribution in [0, 0.1) is 57.1 Å². The second-order valence-corrected chi connectivity index (χ2v) is 0.224. The molecule has 0 aromatic heterocycles. The maximum absolute atomic E-state index is 8.25. The van der Waals surface area contributed by atoms with Crippen LogP contribution in [-0.4, -0.2) is 22.4 Å². The summed E-state index contributed by atoms with van der Waals surface area (Å²) in [6, 6.07) is 0. The van der Waals surface area contributed by atoms with E-state index in [-0.39, 0.29) is 59.1 Å². The Hall–Kier alpha value is 1.11.